The van der Waals surface area contributed by atoms with Crippen LogP contribution in [0.15, 0.2) is 14.3 Å². The Bertz CT molecular complexity index is 302. The molecule has 0 aliphatic rings. The molecule has 3 nitrogen and oxygen atoms in total. The number of thioether (sulfide) groups is 1. The number of thiazole rings is 1. The van der Waals surface area contributed by atoms with E-state index in [9.17, 15) is 4.79 Å². The second-order valence-electron chi connectivity index (χ2n) is 2.49. The summed E-state index contributed by atoms with van der Waals surface area (Å²) in [4.78, 5) is 14.6. The molecule has 0 aromatic carbocycles. The van der Waals surface area contributed by atoms with Crippen LogP contribution in [0.1, 0.15) is 6.92 Å². The maximum Gasteiger partial charge on any atom is 0.307 e. The van der Waals surface area contributed by atoms with Gasteiger partial charge in [-0.05, 0) is 15.9 Å². The SMILES string of the molecule is CC(CSc1nc(Br)cs1)C(=O)O. The first-order valence-corrected chi connectivity index (χ1v) is 6.22. The summed E-state index contributed by atoms with van der Waals surface area (Å²) in [6, 6.07) is 0. The highest BCUT2D eigenvalue weighted by Gasteiger charge is 2.12. The summed E-state index contributed by atoms with van der Waals surface area (Å²) in [5.41, 5.74) is 0. The summed E-state index contributed by atoms with van der Waals surface area (Å²) in [6.45, 7) is 1.69. The second-order valence-corrected chi connectivity index (χ2v) is 5.42. The van der Waals surface area contributed by atoms with Crippen molar-refractivity contribution in [3.8, 4) is 0 Å². The van der Waals surface area contributed by atoms with Gasteiger partial charge in [-0.2, -0.15) is 0 Å². The zero-order chi connectivity index (χ0) is 9.84. The van der Waals surface area contributed by atoms with Gasteiger partial charge in [-0.3, -0.25) is 4.79 Å². The average Bonchev–Trinajstić information content (AvgIpc) is 2.47. The van der Waals surface area contributed by atoms with Gasteiger partial charge < -0.3 is 5.11 Å². The molecule has 0 aliphatic heterocycles. The van der Waals surface area contributed by atoms with Gasteiger partial charge in [0.1, 0.15) is 4.60 Å². The van der Waals surface area contributed by atoms with Crippen molar-refractivity contribution in [1.82, 2.24) is 4.98 Å². The second kappa shape index (κ2) is 4.97. The lowest BCUT2D eigenvalue weighted by Gasteiger charge is -2.02. The number of halogens is 1. The van der Waals surface area contributed by atoms with E-state index in [1.165, 1.54) is 23.1 Å². The molecular formula is C7H8BrNO2S2. The Labute approximate surface area is 92.7 Å². The molecule has 0 aliphatic carbocycles. The van der Waals surface area contributed by atoms with Crippen molar-refractivity contribution in [1.29, 1.82) is 0 Å². The molecule has 0 fully saturated rings. The van der Waals surface area contributed by atoms with Crippen LogP contribution in [0.5, 0.6) is 0 Å². The fraction of sp³-hybridized carbons (Fsp3) is 0.429. The van der Waals surface area contributed by atoms with E-state index in [2.05, 4.69) is 20.9 Å². The number of nitrogens with zero attached hydrogens (tertiary/aromatic N) is 1. The number of carbonyl (C=O) groups is 1. The largest absolute Gasteiger partial charge is 0.481 e. The highest BCUT2D eigenvalue weighted by molar-refractivity contribution is 9.10. The topological polar surface area (TPSA) is 50.2 Å². The van der Waals surface area contributed by atoms with E-state index in [1.807, 2.05) is 5.38 Å². The molecule has 1 rings (SSSR count). The summed E-state index contributed by atoms with van der Waals surface area (Å²) in [7, 11) is 0. The third-order valence-electron chi connectivity index (χ3n) is 1.33. The number of rotatable bonds is 4. The maximum atomic E-state index is 10.5. The van der Waals surface area contributed by atoms with Crippen LogP contribution in [0.4, 0.5) is 0 Å². The highest BCUT2D eigenvalue weighted by Crippen LogP contribution is 2.26. The van der Waals surface area contributed by atoms with Gasteiger partial charge in [-0.15, -0.1) is 11.3 Å². The van der Waals surface area contributed by atoms with E-state index in [0.717, 1.165) is 8.94 Å². The highest BCUT2D eigenvalue weighted by atomic mass is 79.9. The molecule has 0 saturated heterocycles. The van der Waals surface area contributed by atoms with Gasteiger partial charge >= 0.3 is 5.97 Å². The first-order chi connectivity index (χ1) is 6.09. The Morgan fingerprint density at radius 2 is 2.62 bits per heavy atom. The van der Waals surface area contributed by atoms with Gasteiger partial charge in [-0.1, -0.05) is 18.7 Å². The standard InChI is InChI=1S/C7H8BrNO2S2/c1-4(6(10)11)2-12-7-9-5(8)3-13-7/h3-4H,2H2,1H3,(H,10,11). The molecule has 0 saturated carbocycles. The van der Waals surface area contributed by atoms with Gasteiger partial charge in [-0.25, -0.2) is 4.98 Å². The predicted octanol–water partition coefficient (Wildman–Crippen LogP) is 2.72. The number of hydrogen-bond acceptors (Lipinski definition) is 4. The van der Waals surface area contributed by atoms with E-state index in [-0.39, 0.29) is 5.92 Å². The normalized spacial score (nSPS) is 12.8. The molecular weight excluding hydrogens is 274 g/mol. The molecule has 1 unspecified atom stereocenters. The zero-order valence-electron chi connectivity index (χ0n) is 6.86. The third kappa shape index (κ3) is 3.66. The number of aliphatic carboxylic acids is 1. The number of carboxylic acid groups (broad SMARTS) is 1. The number of hydrogen-bond donors (Lipinski definition) is 1. The lowest BCUT2D eigenvalue weighted by molar-refractivity contribution is -0.140. The maximum absolute atomic E-state index is 10.5. The Morgan fingerprint density at radius 1 is 1.92 bits per heavy atom. The summed E-state index contributed by atoms with van der Waals surface area (Å²) in [5.74, 6) is -0.522. The van der Waals surface area contributed by atoms with Crippen LogP contribution < -0.4 is 0 Å². The average molecular weight is 282 g/mol. The minimum Gasteiger partial charge on any atom is -0.481 e. The fourth-order valence-corrected chi connectivity index (χ4v) is 2.99. The van der Waals surface area contributed by atoms with Crippen LogP contribution in [0.25, 0.3) is 0 Å². The van der Waals surface area contributed by atoms with Crippen molar-refractivity contribution in [2.75, 3.05) is 5.75 Å². The summed E-state index contributed by atoms with van der Waals surface area (Å²) < 4.78 is 1.71. The first-order valence-electron chi connectivity index (χ1n) is 3.56. The van der Waals surface area contributed by atoms with Gasteiger partial charge in [0.2, 0.25) is 0 Å². The van der Waals surface area contributed by atoms with Crippen LogP contribution in [-0.4, -0.2) is 21.8 Å². The van der Waals surface area contributed by atoms with Crippen LogP contribution in [0.2, 0.25) is 0 Å². The smallest absolute Gasteiger partial charge is 0.307 e. The van der Waals surface area contributed by atoms with E-state index in [4.69, 9.17) is 5.11 Å². The zero-order valence-corrected chi connectivity index (χ0v) is 10.1. The molecule has 0 spiro atoms. The van der Waals surface area contributed by atoms with E-state index in [0.29, 0.717) is 5.75 Å². The lowest BCUT2D eigenvalue weighted by Crippen LogP contribution is -2.11. The molecule has 1 aromatic rings. The quantitative estimate of drug-likeness (QED) is 0.863. The van der Waals surface area contributed by atoms with Crippen LogP contribution in [-0.2, 0) is 4.79 Å². The minimum absolute atomic E-state index is 0.326. The molecule has 1 aromatic heterocycles. The summed E-state index contributed by atoms with van der Waals surface area (Å²) in [6.07, 6.45) is 0. The molecule has 13 heavy (non-hydrogen) atoms. The van der Waals surface area contributed by atoms with Crippen molar-refractivity contribution in [3.05, 3.63) is 9.98 Å². The fourth-order valence-electron chi connectivity index (χ4n) is 0.573. The van der Waals surface area contributed by atoms with Crippen molar-refractivity contribution < 1.29 is 9.90 Å². The monoisotopic (exact) mass is 281 g/mol. The molecule has 72 valence electrons. The van der Waals surface area contributed by atoms with Gasteiger partial charge in [0, 0.05) is 11.1 Å². The minimum atomic E-state index is -0.761. The molecule has 0 radical (unpaired) electrons. The van der Waals surface area contributed by atoms with E-state index < -0.39 is 5.97 Å². The molecule has 6 heteroatoms. The van der Waals surface area contributed by atoms with Crippen LogP contribution >= 0.6 is 39.0 Å². The summed E-state index contributed by atoms with van der Waals surface area (Å²) >= 11 is 6.23. The predicted molar refractivity (Wildman–Crippen MR) is 57.3 cm³/mol. The van der Waals surface area contributed by atoms with Gasteiger partial charge in [0.25, 0.3) is 0 Å². The van der Waals surface area contributed by atoms with Crippen molar-refractivity contribution >= 4 is 45.0 Å². The van der Waals surface area contributed by atoms with Crippen LogP contribution in [0.3, 0.4) is 0 Å². The molecule has 1 heterocycles. The Hall–Kier alpha value is -0.0700. The lowest BCUT2D eigenvalue weighted by atomic mass is 10.2. The number of carboxylic acids is 1. The third-order valence-corrected chi connectivity index (χ3v) is 4.32. The molecule has 0 bridgehead atoms. The number of aromatic nitrogens is 1. The van der Waals surface area contributed by atoms with Crippen molar-refractivity contribution in [3.63, 3.8) is 0 Å². The van der Waals surface area contributed by atoms with Crippen LogP contribution in [0, 0.1) is 5.92 Å². The Morgan fingerprint density at radius 3 is 3.08 bits per heavy atom. The van der Waals surface area contributed by atoms with Gasteiger partial charge in [0.05, 0.1) is 5.92 Å². The van der Waals surface area contributed by atoms with E-state index in [1.54, 1.807) is 6.92 Å². The van der Waals surface area contributed by atoms with Gasteiger partial charge in [0.15, 0.2) is 4.34 Å². The van der Waals surface area contributed by atoms with E-state index >= 15 is 0 Å². The summed E-state index contributed by atoms with van der Waals surface area (Å²) in [5, 5.41) is 10.5. The first kappa shape index (κ1) is 11.0. The molecule has 0 amide bonds. The Balaban J connectivity index is 2.39. The van der Waals surface area contributed by atoms with Crippen molar-refractivity contribution in [2.45, 2.75) is 11.3 Å². The van der Waals surface area contributed by atoms with Crippen molar-refractivity contribution in [2.24, 2.45) is 5.92 Å². The Kier molecular flexibility index (Phi) is 4.21. The molecule has 1 atom stereocenters. The molecule has 1 N–H and O–H groups in total.